The molecule has 0 spiro atoms. The Bertz CT molecular complexity index is 752. The summed E-state index contributed by atoms with van der Waals surface area (Å²) < 4.78 is 10.6. The van der Waals surface area contributed by atoms with E-state index in [1.807, 2.05) is 36.4 Å². The Balaban J connectivity index is 1.89. The minimum absolute atomic E-state index is 0.532. The molecule has 0 fully saturated rings. The predicted octanol–water partition coefficient (Wildman–Crippen LogP) is 2.84. The van der Waals surface area contributed by atoms with Crippen molar-refractivity contribution in [3.05, 3.63) is 42.6 Å². The van der Waals surface area contributed by atoms with Gasteiger partial charge in [0.2, 0.25) is 0 Å². The number of aromatic amines is 1. The maximum atomic E-state index is 5.76. The molecule has 0 bridgehead atoms. The van der Waals surface area contributed by atoms with Gasteiger partial charge in [-0.25, -0.2) is 4.98 Å². The number of ether oxygens (including phenoxy) is 2. The van der Waals surface area contributed by atoms with Gasteiger partial charge < -0.3 is 20.2 Å². The van der Waals surface area contributed by atoms with Gasteiger partial charge in [-0.3, -0.25) is 0 Å². The van der Waals surface area contributed by atoms with Gasteiger partial charge in [-0.05, 0) is 24.3 Å². The molecular weight excluding hydrogens is 266 g/mol. The fraction of sp³-hybridized carbons (Fsp3) is 0.188. The number of fused-ring (bicyclic) bond motifs is 1. The number of aromatic nitrogens is 2. The van der Waals surface area contributed by atoms with Gasteiger partial charge in [-0.2, -0.15) is 0 Å². The van der Waals surface area contributed by atoms with Crippen molar-refractivity contribution in [2.24, 2.45) is 0 Å². The first-order valence-corrected chi connectivity index (χ1v) is 6.72. The highest BCUT2D eigenvalue weighted by Crippen LogP contribution is 2.26. The van der Waals surface area contributed by atoms with Gasteiger partial charge in [0, 0.05) is 23.8 Å². The first-order chi connectivity index (χ1) is 10.3. The summed E-state index contributed by atoms with van der Waals surface area (Å²) in [6.45, 7) is 1.10. The fourth-order valence-electron chi connectivity index (χ4n) is 2.18. The lowest BCUT2D eigenvalue weighted by Crippen LogP contribution is -2.04. The summed E-state index contributed by atoms with van der Waals surface area (Å²) in [5.74, 6) is 0.815. The van der Waals surface area contributed by atoms with Crippen LogP contribution in [-0.4, -0.2) is 30.3 Å². The standard InChI is InChI=1S/C16H17N3O2/c1-20-5-6-21-14-4-2-3-11(8-14)15-9-12-7-13(17)10-18-16(12)19-15/h2-4,7-10H,5-6,17H2,1H3,(H,18,19). The summed E-state index contributed by atoms with van der Waals surface area (Å²) in [4.78, 5) is 7.57. The molecule has 3 N–H and O–H groups in total. The maximum absolute atomic E-state index is 5.76. The number of H-pyrrole nitrogens is 1. The molecule has 0 aliphatic rings. The molecule has 3 aromatic rings. The topological polar surface area (TPSA) is 73.2 Å². The van der Waals surface area contributed by atoms with Gasteiger partial charge in [0.25, 0.3) is 0 Å². The van der Waals surface area contributed by atoms with Crippen molar-refractivity contribution in [1.82, 2.24) is 9.97 Å². The molecule has 1 aromatic carbocycles. The second-order valence-corrected chi connectivity index (χ2v) is 4.76. The lowest BCUT2D eigenvalue weighted by molar-refractivity contribution is 0.146. The van der Waals surface area contributed by atoms with Crippen LogP contribution in [-0.2, 0) is 4.74 Å². The van der Waals surface area contributed by atoms with Crippen LogP contribution in [0.5, 0.6) is 5.75 Å². The average molecular weight is 283 g/mol. The maximum Gasteiger partial charge on any atom is 0.137 e. The molecule has 0 amide bonds. The Morgan fingerprint density at radius 1 is 1.19 bits per heavy atom. The summed E-state index contributed by atoms with van der Waals surface area (Å²) in [5.41, 5.74) is 9.27. The van der Waals surface area contributed by atoms with Crippen molar-refractivity contribution in [3.63, 3.8) is 0 Å². The predicted molar refractivity (Wildman–Crippen MR) is 83.3 cm³/mol. The monoisotopic (exact) mass is 283 g/mol. The largest absolute Gasteiger partial charge is 0.491 e. The molecule has 0 aliphatic heterocycles. The number of anilines is 1. The SMILES string of the molecule is COCCOc1cccc(-c2cc3cc(N)cnc3[nH]2)c1. The molecule has 2 aromatic heterocycles. The van der Waals surface area contributed by atoms with E-state index in [0.29, 0.717) is 18.9 Å². The molecule has 5 heteroatoms. The number of methoxy groups -OCH3 is 1. The minimum atomic E-state index is 0.532. The Kier molecular flexibility index (Phi) is 3.75. The van der Waals surface area contributed by atoms with Crippen LogP contribution in [0.2, 0.25) is 0 Å². The lowest BCUT2D eigenvalue weighted by atomic mass is 10.1. The summed E-state index contributed by atoms with van der Waals surface area (Å²) >= 11 is 0. The quantitative estimate of drug-likeness (QED) is 0.706. The first-order valence-electron chi connectivity index (χ1n) is 6.72. The van der Waals surface area contributed by atoms with Gasteiger partial charge in [0.05, 0.1) is 18.5 Å². The van der Waals surface area contributed by atoms with Crippen LogP contribution in [0.25, 0.3) is 22.3 Å². The van der Waals surface area contributed by atoms with Crippen LogP contribution >= 0.6 is 0 Å². The molecule has 21 heavy (non-hydrogen) atoms. The van der Waals surface area contributed by atoms with Crippen LogP contribution < -0.4 is 10.5 Å². The molecule has 5 nitrogen and oxygen atoms in total. The third-order valence-corrected chi connectivity index (χ3v) is 3.19. The fourth-order valence-corrected chi connectivity index (χ4v) is 2.18. The van der Waals surface area contributed by atoms with E-state index < -0.39 is 0 Å². The summed E-state index contributed by atoms with van der Waals surface area (Å²) in [5, 5.41) is 0.996. The second-order valence-electron chi connectivity index (χ2n) is 4.76. The number of hydrogen-bond donors (Lipinski definition) is 2. The van der Waals surface area contributed by atoms with E-state index in [9.17, 15) is 0 Å². The molecule has 0 aliphatic carbocycles. The third-order valence-electron chi connectivity index (χ3n) is 3.19. The summed E-state index contributed by atoms with van der Waals surface area (Å²) in [6, 6.07) is 11.8. The minimum Gasteiger partial charge on any atom is -0.491 e. The number of nitrogens with two attached hydrogens (primary N) is 1. The molecule has 0 atom stereocenters. The highest BCUT2D eigenvalue weighted by atomic mass is 16.5. The van der Waals surface area contributed by atoms with E-state index in [0.717, 1.165) is 28.0 Å². The molecular formula is C16H17N3O2. The van der Waals surface area contributed by atoms with Crippen molar-refractivity contribution >= 4 is 16.7 Å². The van der Waals surface area contributed by atoms with Gasteiger partial charge in [0.15, 0.2) is 0 Å². The van der Waals surface area contributed by atoms with E-state index in [1.54, 1.807) is 13.3 Å². The van der Waals surface area contributed by atoms with E-state index in [4.69, 9.17) is 15.2 Å². The van der Waals surface area contributed by atoms with Crippen molar-refractivity contribution in [2.75, 3.05) is 26.1 Å². The summed E-state index contributed by atoms with van der Waals surface area (Å²) in [6.07, 6.45) is 1.65. The number of nitrogens with one attached hydrogen (secondary N) is 1. The van der Waals surface area contributed by atoms with Gasteiger partial charge in [0.1, 0.15) is 18.0 Å². The van der Waals surface area contributed by atoms with E-state index in [-0.39, 0.29) is 0 Å². The molecule has 0 unspecified atom stereocenters. The van der Waals surface area contributed by atoms with Crippen LogP contribution in [0, 0.1) is 0 Å². The van der Waals surface area contributed by atoms with E-state index in [2.05, 4.69) is 9.97 Å². The van der Waals surface area contributed by atoms with Gasteiger partial charge in [-0.1, -0.05) is 12.1 Å². The molecule has 0 saturated heterocycles. The van der Waals surface area contributed by atoms with Crippen molar-refractivity contribution in [3.8, 4) is 17.0 Å². The lowest BCUT2D eigenvalue weighted by Gasteiger charge is -2.06. The molecule has 108 valence electrons. The Morgan fingerprint density at radius 3 is 2.95 bits per heavy atom. The van der Waals surface area contributed by atoms with E-state index in [1.165, 1.54) is 0 Å². The third kappa shape index (κ3) is 2.98. The van der Waals surface area contributed by atoms with Crippen molar-refractivity contribution in [1.29, 1.82) is 0 Å². The highest BCUT2D eigenvalue weighted by molar-refractivity contribution is 5.85. The summed E-state index contributed by atoms with van der Waals surface area (Å²) in [7, 11) is 1.66. The van der Waals surface area contributed by atoms with Crippen LogP contribution in [0.15, 0.2) is 42.6 Å². The van der Waals surface area contributed by atoms with Crippen LogP contribution in [0.4, 0.5) is 5.69 Å². The Morgan fingerprint density at radius 2 is 2.10 bits per heavy atom. The van der Waals surface area contributed by atoms with Gasteiger partial charge >= 0.3 is 0 Å². The van der Waals surface area contributed by atoms with Crippen molar-refractivity contribution in [2.45, 2.75) is 0 Å². The normalized spacial score (nSPS) is 10.9. The Labute approximate surface area is 122 Å². The first kappa shape index (κ1) is 13.5. The van der Waals surface area contributed by atoms with Crippen LogP contribution in [0.1, 0.15) is 0 Å². The highest BCUT2D eigenvalue weighted by Gasteiger charge is 2.06. The smallest absolute Gasteiger partial charge is 0.137 e. The Hall–Kier alpha value is -2.53. The van der Waals surface area contributed by atoms with Gasteiger partial charge in [-0.15, -0.1) is 0 Å². The zero-order valence-corrected chi connectivity index (χ0v) is 11.8. The number of pyridine rings is 1. The average Bonchev–Trinajstić information content (AvgIpc) is 2.91. The molecule has 0 saturated carbocycles. The van der Waals surface area contributed by atoms with Crippen LogP contribution in [0.3, 0.4) is 0 Å². The molecule has 0 radical (unpaired) electrons. The number of nitrogens with zero attached hydrogens (tertiary/aromatic N) is 1. The number of benzene rings is 1. The molecule has 3 rings (SSSR count). The number of hydrogen-bond acceptors (Lipinski definition) is 4. The zero-order chi connectivity index (χ0) is 14.7. The van der Waals surface area contributed by atoms with Crippen molar-refractivity contribution < 1.29 is 9.47 Å². The van der Waals surface area contributed by atoms with E-state index >= 15 is 0 Å². The second kappa shape index (κ2) is 5.85. The zero-order valence-electron chi connectivity index (χ0n) is 11.8. The number of rotatable bonds is 5. The number of nitrogen functional groups attached to an aromatic ring is 1. The molecule has 2 heterocycles.